The molecule has 0 saturated heterocycles. The lowest BCUT2D eigenvalue weighted by Gasteiger charge is -2.08. The molecule has 21 heavy (non-hydrogen) atoms. The molecule has 0 unspecified atom stereocenters. The predicted octanol–water partition coefficient (Wildman–Crippen LogP) is 4.60. The molecule has 3 nitrogen and oxygen atoms in total. The number of hydrogen-bond acceptors (Lipinski definition) is 4. The Morgan fingerprint density at radius 2 is 2.00 bits per heavy atom. The molecule has 1 N–H and O–H groups in total. The van der Waals surface area contributed by atoms with E-state index in [9.17, 15) is 4.79 Å². The van der Waals surface area contributed by atoms with Crippen LogP contribution in [0.5, 0.6) is 0 Å². The van der Waals surface area contributed by atoms with Crippen molar-refractivity contribution in [3.63, 3.8) is 0 Å². The van der Waals surface area contributed by atoms with Gasteiger partial charge in [-0.05, 0) is 55.5 Å². The number of aryl methyl sites for hydroxylation is 2. The molecule has 0 amide bonds. The summed E-state index contributed by atoms with van der Waals surface area (Å²) in [7, 11) is 0. The highest BCUT2D eigenvalue weighted by molar-refractivity contribution is 7.25. The van der Waals surface area contributed by atoms with Crippen LogP contribution in [-0.4, -0.2) is 16.1 Å². The van der Waals surface area contributed by atoms with E-state index in [1.165, 1.54) is 41.0 Å². The summed E-state index contributed by atoms with van der Waals surface area (Å²) in [4.78, 5) is 18.4. The number of benzene rings is 1. The Hall–Kier alpha value is -1.72. The summed E-state index contributed by atoms with van der Waals surface area (Å²) in [6.07, 6.45) is 4.94. The van der Waals surface area contributed by atoms with Crippen LogP contribution >= 0.6 is 22.7 Å². The van der Waals surface area contributed by atoms with Crippen LogP contribution in [0.3, 0.4) is 0 Å². The number of aromatic nitrogens is 1. The number of nitrogens with zero attached hydrogens (tertiary/aromatic N) is 1. The largest absolute Gasteiger partial charge is 0.478 e. The average Bonchev–Trinajstić information content (AvgIpc) is 3.09. The van der Waals surface area contributed by atoms with Crippen molar-refractivity contribution in [2.75, 3.05) is 0 Å². The van der Waals surface area contributed by atoms with Gasteiger partial charge in [0, 0.05) is 4.88 Å². The molecule has 1 aliphatic rings. The highest BCUT2D eigenvalue weighted by atomic mass is 32.1. The molecule has 0 saturated carbocycles. The van der Waals surface area contributed by atoms with Gasteiger partial charge in [0.15, 0.2) is 0 Å². The number of fused-ring (bicyclic) bond motifs is 2. The SMILES string of the molecule is O=C(O)c1ccc2nc(-c3cc4c(s3)CCCC4)sc2c1. The Balaban J connectivity index is 1.79. The molecular formula is C16H13NO2S2. The van der Waals surface area contributed by atoms with Gasteiger partial charge in [-0.25, -0.2) is 9.78 Å². The quantitative estimate of drug-likeness (QED) is 0.752. The first-order chi connectivity index (χ1) is 10.2. The van der Waals surface area contributed by atoms with E-state index in [4.69, 9.17) is 5.11 Å². The topological polar surface area (TPSA) is 50.2 Å². The number of aromatic carboxylic acids is 1. The molecule has 1 aliphatic carbocycles. The van der Waals surface area contributed by atoms with Crippen molar-refractivity contribution >= 4 is 38.9 Å². The highest BCUT2D eigenvalue weighted by Gasteiger charge is 2.16. The summed E-state index contributed by atoms with van der Waals surface area (Å²) >= 11 is 3.43. The lowest BCUT2D eigenvalue weighted by molar-refractivity contribution is 0.0697. The zero-order chi connectivity index (χ0) is 14.4. The summed E-state index contributed by atoms with van der Waals surface area (Å²) in [6.45, 7) is 0. The number of carboxylic acid groups (broad SMARTS) is 1. The van der Waals surface area contributed by atoms with Crippen LogP contribution in [0.1, 0.15) is 33.6 Å². The minimum Gasteiger partial charge on any atom is -0.478 e. The minimum absolute atomic E-state index is 0.322. The third-order valence-corrected chi connectivity index (χ3v) is 6.27. The number of carbonyl (C=O) groups is 1. The normalized spacial score (nSPS) is 14.3. The van der Waals surface area contributed by atoms with E-state index in [1.807, 2.05) is 11.3 Å². The monoisotopic (exact) mass is 315 g/mol. The van der Waals surface area contributed by atoms with Gasteiger partial charge in [0.1, 0.15) is 5.01 Å². The van der Waals surface area contributed by atoms with Crippen molar-refractivity contribution in [2.45, 2.75) is 25.7 Å². The number of thiazole rings is 1. The molecule has 0 aliphatic heterocycles. The molecule has 1 aromatic carbocycles. The van der Waals surface area contributed by atoms with Gasteiger partial charge in [0.25, 0.3) is 0 Å². The van der Waals surface area contributed by atoms with Crippen LogP contribution in [-0.2, 0) is 12.8 Å². The van der Waals surface area contributed by atoms with Gasteiger partial charge in [-0.2, -0.15) is 0 Å². The first kappa shape index (κ1) is 13.0. The maximum absolute atomic E-state index is 11.0. The number of rotatable bonds is 2. The lowest BCUT2D eigenvalue weighted by Crippen LogP contribution is -1.96. The average molecular weight is 315 g/mol. The number of carboxylic acids is 1. The second kappa shape index (κ2) is 4.93. The Bertz CT molecular complexity index is 824. The Labute approximate surface area is 129 Å². The van der Waals surface area contributed by atoms with Crippen molar-refractivity contribution in [2.24, 2.45) is 0 Å². The first-order valence-electron chi connectivity index (χ1n) is 6.96. The highest BCUT2D eigenvalue weighted by Crippen LogP contribution is 2.39. The van der Waals surface area contributed by atoms with Crippen LogP contribution in [0.2, 0.25) is 0 Å². The zero-order valence-corrected chi connectivity index (χ0v) is 12.9. The molecule has 0 fully saturated rings. The van der Waals surface area contributed by atoms with Crippen LogP contribution in [0.4, 0.5) is 0 Å². The smallest absolute Gasteiger partial charge is 0.335 e. The second-order valence-corrected chi connectivity index (χ2v) is 7.44. The van der Waals surface area contributed by atoms with Crippen molar-refractivity contribution in [1.29, 1.82) is 0 Å². The number of hydrogen-bond donors (Lipinski definition) is 1. The molecule has 0 radical (unpaired) electrons. The van der Waals surface area contributed by atoms with Crippen LogP contribution in [0.15, 0.2) is 24.3 Å². The minimum atomic E-state index is -0.890. The second-order valence-electron chi connectivity index (χ2n) is 5.27. The summed E-state index contributed by atoms with van der Waals surface area (Å²) in [5.74, 6) is -0.890. The van der Waals surface area contributed by atoms with Gasteiger partial charge in [-0.15, -0.1) is 22.7 Å². The van der Waals surface area contributed by atoms with Gasteiger partial charge in [0.2, 0.25) is 0 Å². The molecular weight excluding hydrogens is 302 g/mol. The van der Waals surface area contributed by atoms with E-state index in [1.54, 1.807) is 29.5 Å². The fraction of sp³-hybridized carbons (Fsp3) is 0.250. The molecule has 5 heteroatoms. The third-order valence-electron chi connectivity index (χ3n) is 3.84. The predicted molar refractivity (Wildman–Crippen MR) is 86.5 cm³/mol. The van der Waals surface area contributed by atoms with Gasteiger partial charge in [0.05, 0.1) is 20.7 Å². The zero-order valence-electron chi connectivity index (χ0n) is 11.3. The maximum Gasteiger partial charge on any atom is 0.335 e. The molecule has 3 aromatic rings. The molecule has 2 heterocycles. The van der Waals surface area contributed by atoms with Crippen molar-refractivity contribution in [3.05, 3.63) is 40.3 Å². The van der Waals surface area contributed by atoms with E-state index in [2.05, 4.69) is 11.1 Å². The molecule has 0 spiro atoms. The van der Waals surface area contributed by atoms with E-state index < -0.39 is 5.97 Å². The summed E-state index contributed by atoms with van der Waals surface area (Å²) in [5.41, 5.74) is 2.68. The van der Waals surface area contributed by atoms with Crippen molar-refractivity contribution in [3.8, 4) is 9.88 Å². The fourth-order valence-electron chi connectivity index (χ4n) is 2.76. The van der Waals surface area contributed by atoms with Crippen LogP contribution < -0.4 is 0 Å². The van der Waals surface area contributed by atoms with E-state index in [0.29, 0.717) is 5.56 Å². The summed E-state index contributed by atoms with van der Waals surface area (Å²) in [5, 5.41) is 10.1. The molecule has 0 atom stereocenters. The summed E-state index contributed by atoms with van der Waals surface area (Å²) in [6, 6.07) is 7.40. The van der Waals surface area contributed by atoms with Gasteiger partial charge >= 0.3 is 5.97 Å². The van der Waals surface area contributed by atoms with Gasteiger partial charge in [-0.3, -0.25) is 0 Å². The van der Waals surface area contributed by atoms with Gasteiger partial charge < -0.3 is 5.11 Å². The van der Waals surface area contributed by atoms with Crippen LogP contribution in [0, 0.1) is 0 Å². The Morgan fingerprint density at radius 1 is 1.14 bits per heavy atom. The van der Waals surface area contributed by atoms with Gasteiger partial charge in [-0.1, -0.05) is 0 Å². The Kier molecular flexibility index (Phi) is 3.05. The standard InChI is InChI=1S/C16H13NO2S2/c18-16(19)10-5-6-11-13(8-10)21-15(17-11)14-7-9-3-1-2-4-12(9)20-14/h5-8H,1-4H2,(H,18,19). The molecule has 2 aromatic heterocycles. The van der Waals surface area contributed by atoms with E-state index in [0.717, 1.165) is 15.2 Å². The third kappa shape index (κ3) is 2.26. The van der Waals surface area contributed by atoms with Crippen molar-refractivity contribution < 1.29 is 9.90 Å². The summed E-state index contributed by atoms with van der Waals surface area (Å²) < 4.78 is 0.941. The van der Waals surface area contributed by atoms with E-state index in [-0.39, 0.29) is 0 Å². The first-order valence-corrected chi connectivity index (χ1v) is 8.60. The van der Waals surface area contributed by atoms with E-state index >= 15 is 0 Å². The molecule has 4 rings (SSSR count). The molecule has 0 bridgehead atoms. The van der Waals surface area contributed by atoms with Crippen LogP contribution in [0.25, 0.3) is 20.1 Å². The van der Waals surface area contributed by atoms with Crippen molar-refractivity contribution in [1.82, 2.24) is 4.98 Å². The number of thiophene rings is 1. The molecule has 106 valence electrons. The Morgan fingerprint density at radius 3 is 2.81 bits per heavy atom. The maximum atomic E-state index is 11.0. The lowest BCUT2D eigenvalue weighted by atomic mass is 9.99. The fourth-order valence-corrected chi connectivity index (χ4v) is 5.06.